The second kappa shape index (κ2) is 8.74. The van der Waals surface area contributed by atoms with E-state index in [9.17, 15) is 9.59 Å². The lowest BCUT2D eigenvalue weighted by Gasteiger charge is -2.32. The normalized spacial score (nSPS) is 15.6. The fourth-order valence-corrected chi connectivity index (χ4v) is 2.99. The highest BCUT2D eigenvalue weighted by Gasteiger charge is 2.29. The van der Waals surface area contributed by atoms with Crippen LogP contribution < -0.4 is 14.8 Å². The lowest BCUT2D eigenvalue weighted by atomic mass is 10.0. The zero-order valence-corrected chi connectivity index (χ0v) is 15.5. The average Bonchev–Trinajstić information content (AvgIpc) is 2.65. The van der Waals surface area contributed by atoms with Crippen LogP contribution in [0, 0.1) is 5.92 Å². The van der Waals surface area contributed by atoms with Crippen LogP contribution >= 0.6 is 0 Å². The summed E-state index contributed by atoms with van der Waals surface area (Å²) in [6.07, 6.45) is 3.21. The Labute approximate surface area is 149 Å². The Balaban J connectivity index is 2.16. The summed E-state index contributed by atoms with van der Waals surface area (Å²) in [5.74, 6) is 0.769. The minimum atomic E-state index is -0.539. The molecule has 25 heavy (non-hydrogen) atoms. The van der Waals surface area contributed by atoms with Crippen LogP contribution in [0.2, 0.25) is 0 Å². The van der Waals surface area contributed by atoms with Crippen molar-refractivity contribution in [3.05, 3.63) is 23.8 Å². The van der Waals surface area contributed by atoms with Gasteiger partial charge >= 0.3 is 0 Å². The van der Waals surface area contributed by atoms with E-state index in [-0.39, 0.29) is 17.7 Å². The summed E-state index contributed by atoms with van der Waals surface area (Å²) in [7, 11) is 3.07. The molecule has 6 nitrogen and oxygen atoms in total. The van der Waals surface area contributed by atoms with Crippen molar-refractivity contribution in [1.82, 2.24) is 10.2 Å². The van der Waals surface area contributed by atoms with E-state index in [0.717, 1.165) is 32.4 Å². The standard InChI is InChI=1S/C19H28N2O4/c1-13(2)17(19(23)21-8-6-5-7-9-21)20-18(22)14-10-15(24-3)12-16(11-14)25-4/h10-13,17H,5-9H2,1-4H3,(H,20,22)/t17-/m1/s1. The Morgan fingerprint density at radius 2 is 1.56 bits per heavy atom. The highest BCUT2D eigenvalue weighted by Crippen LogP contribution is 2.23. The van der Waals surface area contributed by atoms with Crippen LogP contribution in [0.3, 0.4) is 0 Å². The molecule has 0 spiro atoms. The number of nitrogens with zero attached hydrogens (tertiary/aromatic N) is 1. The molecule has 0 bridgehead atoms. The van der Waals surface area contributed by atoms with Gasteiger partial charge in [-0.2, -0.15) is 0 Å². The molecule has 0 aromatic heterocycles. The van der Waals surface area contributed by atoms with Gasteiger partial charge in [-0.05, 0) is 37.3 Å². The number of likely N-dealkylation sites (tertiary alicyclic amines) is 1. The molecule has 138 valence electrons. The number of methoxy groups -OCH3 is 2. The largest absolute Gasteiger partial charge is 0.497 e. The fourth-order valence-electron chi connectivity index (χ4n) is 2.99. The van der Waals surface area contributed by atoms with Crippen molar-refractivity contribution in [2.45, 2.75) is 39.2 Å². The third kappa shape index (κ3) is 4.87. The van der Waals surface area contributed by atoms with Crippen molar-refractivity contribution in [1.29, 1.82) is 0 Å². The Morgan fingerprint density at radius 1 is 1.00 bits per heavy atom. The molecule has 1 saturated heterocycles. The summed E-state index contributed by atoms with van der Waals surface area (Å²) in [4.78, 5) is 27.4. The quantitative estimate of drug-likeness (QED) is 0.857. The average molecular weight is 348 g/mol. The highest BCUT2D eigenvalue weighted by molar-refractivity contribution is 5.98. The molecule has 1 atom stereocenters. The molecule has 1 N–H and O–H groups in total. The molecule has 1 aromatic carbocycles. The molecule has 0 unspecified atom stereocenters. The maximum Gasteiger partial charge on any atom is 0.252 e. The number of amides is 2. The molecule has 6 heteroatoms. The van der Waals surface area contributed by atoms with Crippen LogP contribution in [0.4, 0.5) is 0 Å². The maximum atomic E-state index is 12.8. The topological polar surface area (TPSA) is 67.9 Å². The van der Waals surface area contributed by atoms with Gasteiger partial charge in [0.05, 0.1) is 14.2 Å². The first-order valence-corrected chi connectivity index (χ1v) is 8.79. The van der Waals surface area contributed by atoms with Crippen molar-refractivity contribution < 1.29 is 19.1 Å². The van der Waals surface area contributed by atoms with E-state index in [1.54, 1.807) is 18.2 Å². The molecule has 0 radical (unpaired) electrons. The molecular formula is C19H28N2O4. The van der Waals surface area contributed by atoms with Crippen LogP contribution in [0.5, 0.6) is 11.5 Å². The Morgan fingerprint density at radius 3 is 2.04 bits per heavy atom. The van der Waals surface area contributed by atoms with Gasteiger partial charge < -0.3 is 19.7 Å². The third-order valence-corrected chi connectivity index (χ3v) is 4.50. The Hall–Kier alpha value is -2.24. The molecule has 2 amide bonds. The fraction of sp³-hybridized carbons (Fsp3) is 0.579. The summed E-state index contributed by atoms with van der Waals surface area (Å²) in [6, 6.07) is 4.44. The first kappa shape index (κ1) is 19.1. The molecule has 1 fully saturated rings. The summed E-state index contributed by atoms with van der Waals surface area (Å²) in [5.41, 5.74) is 0.410. The number of carbonyl (C=O) groups is 2. The zero-order chi connectivity index (χ0) is 18.4. The van der Waals surface area contributed by atoms with Crippen LogP contribution in [-0.4, -0.2) is 50.1 Å². The van der Waals surface area contributed by atoms with E-state index >= 15 is 0 Å². The van der Waals surface area contributed by atoms with Gasteiger partial charge in [0.25, 0.3) is 5.91 Å². The van der Waals surface area contributed by atoms with Crippen molar-refractivity contribution in [2.75, 3.05) is 27.3 Å². The van der Waals surface area contributed by atoms with Crippen molar-refractivity contribution >= 4 is 11.8 Å². The molecule has 1 aliphatic heterocycles. The predicted octanol–water partition coefficient (Wildman–Crippen LogP) is 2.47. The number of rotatable bonds is 6. The second-order valence-electron chi connectivity index (χ2n) is 6.68. The summed E-state index contributed by atoms with van der Waals surface area (Å²) in [6.45, 7) is 5.42. The van der Waals surface area contributed by atoms with Gasteiger partial charge in [-0.3, -0.25) is 9.59 Å². The Bertz CT molecular complexity index is 587. The molecule has 1 aliphatic rings. The number of hydrogen-bond donors (Lipinski definition) is 1. The van der Waals surface area contributed by atoms with Crippen LogP contribution in [-0.2, 0) is 4.79 Å². The SMILES string of the molecule is COc1cc(OC)cc(C(=O)N[C@@H](C(=O)N2CCCCC2)C(C)C)c1. The monoisotopic (exact) mass is 348 g/mol. The minimum absolute atomic E-state index is 0.00193. The minimum Gasteiger partial charge on any atom is -0.497 e. The smallest absolute Gasteiger partial charge is 0.252 e. The number of hydrogen-bond acceptors (Lipinski definition) is 4. The molecule has 1 aromatic rings. The molecule has 0 saturated carbocycles. The maximum absolute atomic E-state index is 12.8. The number of piperidine rings is 1. The van der Waals surface area contributed by atoms with Gasteiger partial charge in [0, 0.05) is 24.7 Å². The first-order chi connectivity index (χ1) is 12.0. The van der Waals surface area contributed by atoms with Gasteiger partial charge in [0.1, 0.15) is 17.5 Å². The summed E-state index contributed by atoms with van der Waals surface area (Å²) < 4.78 is 10.4. The summed E-state index contributed by atoms with van der Waals surface area (Å²) >= 11 is 0. The van der Waals surface area contributed by atoms with E-state index in [2.05, 4.69) is 5.32 Å². The summed E-state index contributed by atoms with van der Waals surface area (Å²) in [5, 5.41) is 2.89. The number of benzene rings is 1. The lowest BCUT2D eigenvalue weighted by Crippen LogP contribution is -2.52. The van der Waals surface area contributed by atoms with Crippen molar-refractivity contribution in [2.24, 2.45) is 5.92 Å². The van der Waals surface area contributed by atoms with E-state index in [4.69, 9.17) is 9.47 Å². The molecular weight excluding hydrogens is 320 g/mol. The number of nitrogens with one attached hydrogen (secondary N) is 1. The number of carbonyl (C=O) groups excluding carboxylic acids is 2. The molecule has 2 rings (SSSR count). The van der Waals surface area contributed by atoms with Crippen LogP contribution in [0.25, 0.3) is 0 Å². The van der Waals surface area contributed by atoms with Gasteiger partial charge in [-0.15, -0.1) is 0 Å². The van der Waals surface area contributed by atoms with Crippen molar-refractivity contribution in [3.63, 3.8) is 0 Å². The van der Waals surface area contributed by atoms with Gasteiger partial charge in [0.2, 0.25) is 5.91 Å². The number of ether oxygens (including phenoxy) is 2. The van der Waals surface area contributed by atoms with Gasteiger partial charge in [-0.25, -0.2) is 0 Å². The van der Waals surface area contributed by atoms with E-state index in [1.165, 1.54) is 14.2 Å². The van der Waals surface area contributed by atoms with Gasteiger partial charge in [0.15, 0.2) is 0 Å². The van der Waals surface area contributed by atoms with E-state index in [0.29, 0.717) is 17.1 Å². The third-order valence-electron chi connectivity index (χ3n) is 4.50. The van der Waals surface area contributed by atoms with E-state index < -0.39 is 6.04 Å². The lowest BCUT2D eigenvalue weighted by molar-refractivity contribution is -0.135. The van der Waals surface area contributed by atoms with E-state index in [1.807, 2.05) is 18.7 Å². The zero-order valence-electron chi connectivity index (χ0n) is 15.5. The van der Waals surface area contributed by atoms with Gasteiger partial charge in [-0.1, -0.05) is 13.8 Å². The first-order valence-electron chi connectivity index (χ1n) is 8.79. The van der Waals surface area contributed by atoms with Crippen LogP contribution in [0.15, 0.2) is 18.2 Å². The van der Waals surface area contributed by atoms with Crippen LogP contribution in [0.1, 0.15) is 43.5 Å². The molecule has 0 aliphatic carbocycles. The Kier molecular flexibility index (Phi) is 6.67. The highest BCUT2D eigenvalue weighted by atomic mass is 16.5. The van der Waals surface area contributed by atoms with Crippen molar-refractivity contribution in [3.8, 4) is 11.5 Å². The molecule has 1 heterocycles. The predicted molar refractivity (Wildman–Crippen MR) is 96.1 cm³/mol. The second-order valence-corrected chi connectivity index (χ2v) is 6.68.